The molecule has 0 spiro atoms. The number of anilines is 1. The molecule has 3 aromatic carbocycles. The number of nitrogens with one attached hydrogen (secondary N) is 1. The molecule has 0 radical (unpaired) electrons. The van der Waals surface area contributed by atoms with E-state index in [0.717, 1.165) is 40.5 Å². The van der Waals surface area contributed by atoms with Crippen molar-refractivity contribution in [3.63, 3.8) is 0 Å². The van der Waals surface area contributed by atoms with Crippen LogP contribution in [0.25, 0.3) is 11.4 Å². The van der Waals surface area contributed by atoms with E-state index < -0.39 is 21.5 Å². The maximum atomic E-state index is 14.0. The molecule has 0 saturated heterocycles. The second-order valence-electron chi connectivity index (χ2n) is 13.2. The van der Waals surface area contributed by atoms with Gasteiger partial charge in [-0.3, -0.25) is 18.6 Å². The number of carbonyl (C=O) groups excluding carboxylic acids is 1. The van der Waals surface area contributed by atoms with E-state index in [2.05, 4.69) is 55.5 Å². The van der Waals surface area contributed by atoms with E-state index in [1.54, 1.807) is 49.1 Å². The monoisotopic (exact) mass is 686 g/mol. The van der Waals surface area contributed by atoms with E-state index in [-0.39, 0.29) is 32.6 Å². The highest BCUT2D eigenvalue weighted by Gasteiger charge is 2.32. The number of para-hydroxylation sites is 1. The predicted molar refractivity (Wildman–Crippen MR) is 188 cm³/mol. The largest absolute Gasteiger partial charge is 0.345 e. The van der Waals surface area contributed by atoms with Gasteiger partial charge in [-0.15, -0.1) is 0 Å². The zero-order valence-corrected chi connectivity index (χ0v) is 29.4. The zero-order chi connectivity index (χ0) is 34.5. The number of benzene rings is 3. The Morgan fingerprint density at radius 3 is 2.38 bits per heavy atom. The second-order valence-corrected chi connectivity index (χ2v) is 15.5. The van der Waals surface area contributed by atoms with Crippen molar-refractivity contribution < 1.29 is 13.2 Å². The molecule has 1 unspecified atom stereocenters. The molecule has 2 heterocycles. The first-order chi connectivity index (χ1) is 22.7. The first kappa shape index (κ1) is 33.3. The fourth-order valence-electron chi connectivity index (χ4n) is 6.30. The van der Waals surface area contributed by atoms with Crippen LogP contribution in [0.1, 0.15) is 72.5 Å². The van der Waals surface area contributed by atoms with Gasteiger partial charge in [0.15, 0.2) is 0 Å². The summed E-state index contributed by atoms with van der Waals surface area (Å²) < 4.78 is 33.9. The number of hydrogen-bond acceptors (Lipinski definition) is 5. The van der Waals surface area contributed by atoms with Gasteiger partial charge in [0.25, 0.3) is 21.5 Å². The number of amides is 1. The molecule has 2 aromatic heterocycles. The summed E-state index contributed by atoms with van der Waals surface area (Å²) in [5.41, 5.74) is 4.85. The van der Waals surface area contributed by atoms with Gasteiger partial charge in [-0.2, -0.15) is 5.10 Å². The number of aromatic nitrogens is 4. The minimum absolute atomic E-state index is 0.0212. The molecular formula is C36H39ClN6O4S. The highest BCUT2D eigenvalue weighted by Crippen LogP contribution is 2.33. The van der Waals surface area contributed by atoms with Gasteiger partial charge in [0.1, 0.15) is 10.6 Å². The van der Waals surface area contributed by atoms with Crippen LogP contribution in [0.15, 0.2) is 88.7 Å². The number of sulfonamides is 1. The molecule has 1 amide bonds. The minimum Gasteiger partial charge on any atom is -0.345 e. The Morgan fingerprint density at radius 2 is 1.71 bits per heavy atom. The molecular weight excluding hydrogens is 648 g/mol. The number of carbonyl (C=O) groups is 1. The molecule has 6 rings (SSSR count). The number of nitrogens with zero attached hydrogens (tertiary/aromatic N) is 5. The Balaban J connectivity index is 1.27. The van der Waals surface area contributed by atoms with Crippen molar-refractivity contribution in [2.24, 2.45) is 7.05 Å². The number of fused-ring (bicyclic) bond motifs is 1. The second kappa shape index (κ2) is 12.4. The number of halogens is 1. The van der Waals surface area contributed by atoms with Crippen LogP contribution in [0.4, 0.5) is 5.69 Å². The quantitative estimate of drug-likeness (QED) is 0.218. The van der Waals surface area contributed by atoms with E-state index >= 15 is 0 Å². The first-order valence-corrected chi connectivity index (χ1v) is 17.6. The van der Waals surface area contributed by atoms with Gasteiger partial charge in [0.2, 0.25) is 0 Å². The van der Waals surface area contributed by atoms with Crippen LogP contribution in [0.5, 0.6) is 0 Å². The van der Waals surface area contributed by atoms with E-state index in [9.17, 15) is 18.0 Å². The summed E-state index contributed by atoms with van der Waals surface area (Å²) >= 11 is 6.45. The summed E-state index contributed by atoms with van der Waals surface area (Å²) in [6.07, 6.45) is 4.19. The molecule has 0 saturated carbocycles. The summed E-state index contributed by atoms with van der Waals surface area (Å²) in [6, 6.07) is 21.2. The normalized spacial score (nSPS) is 14.9. The lowest BCUT2D eigenvalue weighted by Gasteiger charge is -2.25. The van der Waals surface area contributed by atoms with Crippen LogP contribution < -0.4 is 15.2 Å². The summed E-state index contributed by atoms with van der Waals surface area (Å²) in [5, 5.41) is 7.70. The summed E-state index contributed by atoms with van der Waals surface area (Å²) in [4.78, 5) is 26.9. The lowest BCUT2D eigenvalue weighted by molar-refractivity contribution is 0.0932. The molecule has 48 heavy (non-hydrogen) atoms. The number of rotatable bonds is 7. The third-order valence-electron chi connectivity index (χ3n) is 9.14. The van der Waals surface area contributed by atoms with Gasteiger partial charge in [0, 0.05) is 30.9 Å². The van der Waals surface area contributed by atoms with Crippen LogP contribution in [0, 0.1) is 6.92 Å². The van der Waals surface area contributed by atoms with Gasteiger partial charge < -0.3 is 5.32 Å². The molecule has 0 bridgehead atoms. The van der Waals surface area contributed by atoms with Gasteiger partial charge in [0.05, 0.1) is 34.3 Å². The highest BCUT2D eigenvalue weighted by atomic mass is 35.5. The Kier molecular flexibility index (Phi) is 8.63. The maximum absolute atomic E-state index is 14.0. The lowest BCUT2D eigenvalue weighted by atomic mass is 9.87. The Hall–Kier alpha value is -4.61. The van der Waals surface area contributed by atoms with Gasteiger partial charge in [-0.05, 0) is 79.6 Å². The highest BCUT2D eigenvalue weighted by molar-refractivity contribution is 7.93. The van der Waals surface area contributed by atoms with Gasteiger partial charge in [-0.1, -0.05) is 62.7 Å². The van der Waals surface area contributed by atoms with Crippen LogP contribution in [0.2, 0.25) is 5.02 Å². The number of hydrogen-bond donors (Lipinski definition) is 1. The van der Waals surface area contributed by atoms with Gasteiger partial charge in [-0.25, -0.2) is 17.8 Å². The van der Waals surface area contributed by atoms with Crippen LogP contribution in [-0.2, 0) is 28.9 Å². The Labute approximate surface area is 285 Å². The van der Waals surface area contributed by atoms with E-state index in [0.29, 0.717) is 11.4 Å². The Bertz CT molecular complexity index is 2180. The third-order valence-corrected chi connectivity index (χ3v) is 11.4. The van der Waals surface area contributed by atoms with Crippen molar-refractivity contribution in [1.82, 2.24) is 24.5 Å². The van der Waals surface area contributed by atoms with Crippen molar-refractivity contribution in [2.45, 2.75) is 63.3 Å². The summed E-state index contributed by atoms with van der Waals surface area (Å²) in [5.74, 6) is -0.437. The molecule has 1 aliphatic carbocycles. The molecule has 0 fully saturated rings. The average molecular weight is 687 g/mol. The molecule has 12 heteroatoms. The summed E-state index contributed by atoms with van der Waals surface area (Å²) in [6.45, 7) is 8.20. The Morgan fingerprint density at radius 1 is 1.02 bits per heavy atom. The van der Waals surface area contributed by atoms with Crippen LogP contribution in [-0.4, -0.2) is 40.5 Å². The molecule has 250 valence electrons. The molecule has 1 N–H and O–H groups in total. The fourth-order valence-corrected chi connectivity index (χ4v) is 8.05. The van der Waals surface area contributed by atoms with Crippen LogP contribution in [0.3, 0.4) is 0 Å². The maximum Gasteiger partial charge on any atom is 0.296 e. The topological polar surface area (TPSA) is 111 Å². The molecule has 1 atom stereocenters. The predicted octanol–water partition coefficient (Wildman–Crippen LogP) is 6.25. The standard InChI is InChI=1S/C36H39ClN6O4S/c1-23-33(35(45)43(40(23)5)27-11-8-7-9-12-27)41(6)48(46,47)32-21-24(15-20-29(32)37)34(44)39-30-13-10-14-31-28(30)22-38-42(31)26-18-16-25(17-19-26)36(2,3)4/h7-9,11-12,15-22,30H,10,13-14H2,1-6H3,(H,39,44). The van der Waals surface area contributed by atoms with Gasteiger partial charge >= 0.3 is 0 Å². The third kappa shape index (κ3) is 5.85. The van der Waals surface area contributed by atoms with Crippen molar-refractivity contribution in [3.8, 4) is 11.4 Å². The first-order valence-electron chi connectivity index (χ1n) is 15.8. The smallest absolute Gasteiger partial charge is 0.296 e. The SMILES string of the molecule is Cc1c(N(C)S(=O)(=O)c2cc(C(=O)NC3CCCc4c3cnn4-c3ccc(C(C)(C)C)cc3)ccc2Cl)c(=O)n(-c2ccccc2)n1C. The van der Waals surface area contributed by atoms with Crippen molar-refractivity contribution in [1.29, 1.82) is 0 Å². The molecule has 1 aliphatic rings. The van der Waals surface area contributed by atoms with E-state index in [4.69, 9.17) is 11.6 Å². The van der Waals surface area contributed by atoms with Crippen LogP contribution >= 0.6 is 11.6 Å². The zero-order valence-electron chi connectivity index (χ0n) is 27.9. The van der Waals surface area contributed by atoms with E-state index in [1.165, 1.54) is 35.5 Å². The molecule has 0 aliphatic heterocycles. The van der Waals surface area contributed by atoms with Crippen molar-refractivity contribution in [2.75, 3.05) is 11.4 Å². The molecule has 10 nitrogen and oxygen atoms in total. The lowest BCUT2D eigenvalue weighted by Crippen LogP contribution is -2.33. The fraction of sp³-hybridized carbons (Fsp3) is 0.306. The van der Waals surface area contributed by atoms with Crippen molar-refractivity contribution in [3.05, 3.63) is 122 Å². The minimum atomic E-state index is -4.35. The summed E-state index contributed by atoms with van der Waals surface area (Å²) in [7, 11) is -1.35. The average Bonchev–Trinajstić information content (AvgIpc) is 3.59. The van der Waals surface area contributed by atoms with Crippen molar-refractivity contribution >= 4 is 33.2 Å². The molecule has 5 aromatic rings. The van der Waals surface area contributed by atoms with E-state index in [1.807, 2.05) is 10.7 Å².